The SMILES string of the molecule is CC(=O)SCCCCCCCCCCOc1ccc(/C=C/c2ccc(C#N)cc2)cc1. The highest BCUT2D eigenvalue weighted by molar-refractivity contribution is 8.13. The maximum absolute atomic E-state index is 10.8. The molecule has 0 saturated heterocycles. The van der Waals surface area contributed by atoms with Gasteiger partial charge in [0.2, 0.25) is 0 Å². The van der Waals surface area contributed by atoms with E-state index < -0.39 is 0 Å². The summed E-state index contributed by atoms with van der Waals surface area (Å²) in [6.07, 6.45) is 13.9. The largest absolute Gasteiger partial charge is 0.494 e. The molecule has 0 radical (unpaired) electrons. The number of ether oxygens (including phenoxy) is 1. The average molecular weight is 436 g/mol. The van der Waals surface area contributed by atoms with Crippen LogP contribution < -0.4 is 4.74 Å². The summed E-state index contributed by atoms with van der Waals surface area (Å²) in [5, 5.41) is 9.08. The molecule has 4 heteroatoms. The van der Waals surface area contributed by atoms with Gasteiger partial charge in [-0.3, -0.25) is 4.79 Å². The summed E-state index contributed by atoms with van der Waals surface area (Å²) >= 11 is 1.44. The minimum Gasteiger partial charge on any atom is -0.494 e. The van der Waals surface area contributed by atoms with Gasteiger partial charge in [-0.15, -0.1) is 0 Å². The Hall–Kier alpha value is -2.51. The van der Waals surface area contributed by atoms with E-state index in [1.165, 1.54) is 50.3 Å². The fourth-order valence-corrected chi connectivity index (χ4v) is 3.84. The minimum absolute atomic E-state index is 0.231. The molecule has 31 heavy (non-hydrogen) atoms. The Morgan fingerprint density at radius 1 is 0.839 bits per heavy atom. The summed E-state index contributed by atoms with van der Waals surface area (Å²) in [7, 11) is 0. The highest BCUT2D eigenvalue weighted by atomic mass is 32.2. The molecule has 164 valence electrons. The lowest BCUT2D eigenvalue weighted by Crippen LogP contribution is -1.97. The molecular weight excluding hydrogens is 402 g/mol. The maximum Gasteiger partial charge on any atom is 0.185 e. The molecule has 0 heterocycles. The molecule has 3 nitrogen and oxygen atoms in total. The molecule has 2 rings (SSSR count). The maximum atomic E-state index is 10.8. The number of unbranched alkanes of at least 4 members (excludes halogenated alkanes) is 7. The summed E-state index contributed by atoms with van der Waals surface area (Å²) < 4.78 is 5.86. The second-order valence-corrected chi connectivity index (χ2v) is 8.92. The molecule has 0 saturated carbocycles. The van der Waals surface area contributed by atoms with Gasteiger partial charge in [0.25, 0.3) is 0 Å². The average Bonchev–Trinajstić information content (AvgIpc) is 2.79. The molecule has 0 bridgehead atoms. The first-order valence-corrected chi connectivity index (χ1v) is 12.2. The molecule has 0 aliphatic rings. The van der Waals surface area contributed by atoms with Gasteiger partial charge in [-0.25, -0.2) is 0 Å². The standard InChI is InChI=1S/C27H33NO2S/c1-23(29)31-21-9-7-5-3-2-4-6-8-20-30-27-18-16-25(17-19-27)11-10-24-12-14-26(22-28)15-13-24/h10-19H,2-9,20-21H2,1H3/b11-10+. The first-order valence-electron chi connectivity index (χ1n) is 11.2. The third-order valence-electron chi connectivity index (χ3n) is 5.00. The van der Waals surface area contributed by atoms with Gasteiger partial charge < -0.3 is 4.74 Å². The van der Waals surface area contributed by atoms with E-state index in [1.54, 1.807) is 6.92 Å². The van der Waals surface area contributed by atoms with Crippen molar-refractivity contribution in [2.45, 2.75) is 58.3 Å². The second-order valence-electron chi connectivity index (χ2n) is 7.65. The molecule has 2 aromatic rings. The highest BCUT2D eigenvalue weighted by Gasteiger charge is 1.97. The number of benzene rings is 2. The van der Waals surface area contributed by atoms with Crippen molar-refractivity contribution in [3.05, 3.63) is 65.2 Å². The van der Waals surface area contributed by atoms with Crippen LogP contribution in [0.5, 0.6) is 5.75 Å². The summed E-state index contributed by atoms with van der Waals surface area (Å²) in [6.45, 7) is 2.41. The third kappa shape index (κ3) is 11.5. The van der Waals surface area contributed by atoms with Gasteiger partial charge in [-0.2, -0.15) is 5.26 Å². The van der Waals surface area contributed by atoms with Crippen molar-refractivity contribution in [2.24, 2.45) is 0 Å². The number of nitrogens with zero attached hydrogens (tertiary/aromatic N) is 1. The van der Waals surface area contributed by atoms with Gasteiger partial charge >= 0.3 is 0 Å². The van der Waals surface area contributed by atoms with Crippen molar-refractivity contribution in [2.75, 3.05) is 12.4 Å². The van der Waals surface area contributed by atoms with Crippen LogP contribution in [0.15, 0.2) is 48.5 Å². The van der Waals surface area contributed by atoms with Crippen molar-refractivity contribution >= 4 is 29.0 Å². The van der Waals surface area contributed by atoms with E-state index in [1.807, 2.05) is 42.5 Å². The van der Waals surface area contributed by atoms with Crippen LogP contribution in [0.25, 0.3) is 12.2 Å². The van der Waals surface area contributed by atoms with Crippen LogP contribution in [-0.4, -0.2) is 17.5 Å². The molecule has 0 unspecified atom stereocenters. The van der Waals surface area contributed by atoms with Crippen molar-refractivity contribution in [1.29, 1.82) is 5.26 Å². The van der Waals surface area contributed by atoms with Crippen LogP contribution >= 0.6 is 11.8 Å². The number of hydrogen-bond acceptors (Lipinski definition) is 4. The van der Waals surface area contributed by atoms with Gasteiger partial charge in [-0.05, 0) is 48.2 Å². The Balaban J connectivity index is 1.52. The predicted octanol–water partition coefficient (Wildman–Crippen LogP) is 7.51. The van der Waals surface area contributed by atoms with Crippen molar-refractivity contribution < 1.29 is 9.53 Å². The van der Waals surface area contributed by atoms with Crippen LogP contribution in [0, 0.1) is 11.3 Å². The molecule has 0 fully saturated rings. The predicted molar refractivity (Wildman–Crippen MR) is 132 cm³/mol. The zero-order valence-electron chi connectivity index (χ0n) is 18.5. The Kier molecular flexibility index (Phi) is 12.2. The van der Waals surface area contributed by atoms with Crippen LogP contribution in [0.2, 0.25) is 0 Å². The Labute approximate surface area is 191 Å². The van der Waals surface area contributed by atoms with E-state index in [9.17, 15) is 4.79 Å². The van der Waals surface area contributed by atoms with Crippen molar-refractivity contribution in [1.82, 2.24) is 0 Å². The number of hydrogen-bond donors (Lipinski definition) is 0. The lowest BCUT2D eigenvalue weighted by atomic mass is 10.1. The summed E-state index contributed by atoms with van der Waals surface area (Å²) in [5.41, 5.74) is 2.87. The summed E-state index contributed by atoms with van der Waals surface area (Å²) in [5.74, 6) is 1.89. The molecule has 0 spiro atoms. The number of nitriles is 1. The fraction of sp³-hybridized carbons (Fsp3) is 0.407. The zero-order chi connectivity index (χ0) is 22.2. The zero-order valence-corrected chi connectivity index (χ0v) is 19.3. The molecule has 0 aliphatic heterocycles. The normalized spacial score (nSPS) is 10.8. The monoisotopic (exact) mass is 435 g/mol. The fourth-order valence-electron chi connectivity index (χ4n) is 3.21. The van der Waals surface area contributed by atoms with Crippen molar-refractivity contribution in [3.8, 4) is 11.8 Å². The molecule has 0 amide bonds. The Bertz CT molecular complexity index is 835. The van der Waals surface area contributed by atoms with Gasteiger partial charge in [0.1, 0.15) is 5.75 Å². The van der Waals surface area contributed by atoms with Gasteiger partial charge in [0.05, 0.1) is 18.2 Å². The van der Waals surface area contributed by atoms with Crippen LogP contribution in [0.3, 0.4) is 0 Å². The second kappa shape index (κ2) is 15.3. The molecule has 2 aromatic carbocycles. The topological polar surface area (TPSA) is 50.1 Å². The summed E-state index contributed by atoms with van der Waals surface area (Å²) in [6, 6.07) is 17.8. The van der Waals surface area contributed by atoms with E-state index in [4.69, 9.17) is 10.00 Å². The first-order chi connectivity index (χ1) is 15.2. The van der Waals surface area contributed by atoms with Crippen LogP contribution in [0.4, 0.5) is 0 Å². The van der Waals surface area contributed by atoms with E-state index in [0.29, 0.717) is 5.56 Å². The van der Waals surface area contributed by atoms with Gasteiger partial charge in [0, 0.05) is 12.7 Å². The van der Waals surface area contributed by atoms with Gasteiger partial charge in [-0.1, -0.05) is 86.7 Å². The van der Waals surface area contributed by atoms with Crippen molar-refractivity contribution in [3.63, 3.8) is 0 Å². The molecular formula is C27H33NO2S. The lowest BCUT2D eigenvalue weighted by molar-refractivity contribution is -0.109. The third-order valence-corrected chi connectivity index (χ3v) is 5.90. The van der Waals surface area contributed by atoms with Crippen LogP contribution in [-0.2, 0) is 4.79 Å². The Morgan fingerprint density at radius 2 is 1.35 bits per heavy atom. The number of carbonyl (C=O) groups is 1. The van der Waals surface area contributed by atoms with E-state index >= 15 is 0 Å². The van der Waals surface area contributed by atoms with E-state index in [-0.39, 0.29) is 5.12 Å². The number of thioether (sulfide) groups is 1. The molecule has 0 N–H and O–H groups in total. The first kappa shape index (κ1) is 24.8. The number of rotatable bonds is 14. The van der Waals surface area contributed by atoms with E-state index in [2.05, 4.69) is 24.3 Å². The molecule has 0 aromatic heterocycles. The van der Waals surface area contributed by atoms with E-state index in [0.717, 1.165) is 42.1 Å². The molecule has 0 aliphatic carbocycles. The highest BCUT2D eigenvalue weighted by Crippen LogP contribution is 2.16. The summed E-state index contributed by atoms with van der Waals surface area (Å²) in [4.78, 5) is 10.8. The van der Waals surface area contributed by atoms with Crippen LogP contribution in [0.1, 0.15) is 75.0 Å². The smallest absolute Gasteiger partial charge is 0.185 e. The quantitative estimate of drug-likeness (QED) is 0.227. The molecule has 0 atom stereocenters. The minimum atomic E-state index is 0.231. The van der Waals surface area contributed by atoms with Gasteiger partial charge in [0.15, 0.2) is 5.12 Å². The lowest BCUT2D eigenvalue weighted by Gasteiger charge is -2.06. The number of carbonyl (C=O) groups excluding carboxylic acids is 1. The Morgan fingerprint density at radius 3 is 1.90 bits per heavy atom.